The van der Waals surface area contributed by atoms with Crippen molar-refractivity contribution in [2.45, 2.75) is 25.4 Å². The molecule has 1 heterocycles. The van der Waals surface area contributed by atoms with Crippen LogP contribution >= 0.6 is 11.8 Å². The van der Waals surface area contributed by atoms with E-state index in [2.05, 4.69) is 54.3 Å². The van der Waals surface area contributed by atoms with E-state index in [-0.39, 0.29) is 0 Å². The predicted octanol–water partition coefficient (Wildman–Crippen LogP) is 2.32. The van der Waals surface area contributed by atoms with Crippen LogP contribution in [0.4, 0.5) is 0 Å². The zero-order valence-corrected chi connectivity index (χ0v) is 9.39. The van der Waals surface area contributed by atoms with Gasteiger partial charge in [0.25, 0.3) is 0 Å². The normalized spacial score (nSPS) is 27.5. The van der Waals surface area contributed by atoms with Crippen LogP contribution in [0.2, 0.25) is 0 Å². The second kappa shape index (κ2) is 4.85. The van der Waals surface area contributed by atoms with Crippen molar-refractivity contribution >= 4 is 11.8 Å². The van der Waals surface area contributed by atoms with Gasteiger partial charge in [-0.2, -0.15) is 11.8 Å². The van der Waals surface area contributed by atoms with Gasteiger partial charge in [0.1, 0.15) is 0 Å². The third kappa shape index (κ3) is 2.76. The molecule has 0 saturated carbocycles. The molecule has 1 aliphatic heterocycles. The quantitative estimate of drug-likeness (QED) is 0.799. The molecule has 1 aromatic carbocycles. The molecule has 2 rings (SSSR count). The highest BCUT2D eigenvalue weighted by Crippen LogP contribution is 2.15. The van der Waals surface area contributed by atoms with Gasteiger partial charge in [0.2, 0.25) is 0 Å². The summed E-state index contributed by atoms with van der Waals surface area (Å²) in [5.74, 6) is 2.50. The zero-order chi connectivity index (χ0) is 9.80. The Hall–Kier alpha value is -0.470. The minimum absolute atomic E-state index is 0.658. The number of thioether (sulfide) groups is 1. The maximum atomic E-state index is 3.64. The fourth-order valence-corrected chi connectivity index (χ4v) is 2.99. The van der Waals surface area contributed by atoms with E-state index in [4.69, 9.17) is 0 Å². The van der Waals surface area contributed by atoms with Crippen molar-refractivity contribution in [3.8, 4) is 0 Å². The highest BCUT2D eigenvalue weighted by atomic mass is 32.2. The van der Waals surface area contributed by atoms with Crippen LogP contribution in [0.1, 0.15) is 12.5 Å². The zero-order valence-electron chi connectivity index (χ0n) is 8.57. The van der Waals surface area contributed by atoms with Crippen molar-refractivity contribution in [3.05, 3.63) is 35.9 Å². The van der Waals surface area contributed by atoms with Gasteiger partial charge in [0.05, 0.1) is 0 Å². The van der Waals surface area contributed by atoms with Gasteiger partial charge in [-0.05, 0) is 18.9 Å². The van der Waals surface area contributed by atoms with Crippen LogP contribution < -0.4 is 5.32 Å². The third-order valence-corrected chi connectivity index (χ3v) is 3.91. The number of benzene rings is 1. The number of hydrogen-bond acceptors (Lipinski definition) is 2. The van der Waals surface area contributed by atoms with E-state index in [0.29, 0.717) is 12.1 Å². The van der Waals surface area contributed by atoms with Crippen molar-refractivity contribution in [3.63, 3.8) is 0 Å². The van der Waals surface area contributed by atoms with E-state index >= 15 is 0 Å². The minimum Gasteiger partial charge on any atom is -0.310 e. The van der Waals surface area contributed by atoms with E-state index in [9.17, 15) is 0 Å². The Morgan fingerprint density at radius 3 is 2.79 bits per heavy atom. The SMILES string of the molecule is CC1CSCC(Cc2ccccc2)N1. The molecule has 0 bridgehead atoms. The maximum Gasteiger partial charge on any atom is 0.0201 e. The summed E-state index contributed by atoms with van der Waals surface area (Å²) in [7, 11) is 0. The lowest BCUT2D eigenvalue weighted by Crippen LogP contribution is -2.44. The standard InChI is InChI=1S/C12H17NS/c1-10-8-14-9-12(13-10)7-11-5-3-2-4-6-11/h2-6,10,12-13H,7-9H2,1H3. The smallest absolute Gasteiger partial charge is 0.0201 e. The molecule has 2 heteroatoms. The van der Waals surface area contributed by atoms with Gasteiger partial charge in [0.15, 0.2) is 0 Å². The largest absolute Gasteiger partial charge is 0.310 e. The minimum atomic E-state index is 0.658. The van der Waals surface area contributed by atoms with E-state index in [1.807, 2.05) is 0 Å². The highest BCUT2D eigenvalue weighted by molar-refractivity contribution is 7.99. The van der Waals surface area contributed by atoms with Crippen LogP contribution in [0.5, 0.6) is 0 Å². The van der Waals surface area contributed by atoms with E-state index in [1.165, 1.54) is 17.1 Å². The van der Waals surface area contributed by atoms with E-state index in [0.717, 1.165) is 6.42 Å². The van der Waals surface area contributed by atoms with Crippen molar-refractivity contribution in [2.75, 3.05) is 11.5 Å². The fourth-order valence-electron chi connectivity index (χ4n) is 1.90. The first-order chi connectivity index (χ1) is 6.84. The van der Waals surface area contributed by atoms with Gasteiger partial charge < -0.3 is 5.32 Å². The molecule has 2 atom stereocenters. The molecular weight excluding hydrogens is 190 g/mol. The topological polar surface area (TPSA) is 12.0 Å². The third-order valence-electron chi connectivity index (χ3n) is 2.53. The average Bonchev–Trinajstić information content (AvgIpc) is 2.19. The Bertz CT molecular complexity index is 273. The van der Waals surface area contributed by atoms with Crippen LogP contribution in [0.15, 0.2) is 30.3 Å². The summed E-state index contributed by atoms with van der Waals surface area (Å²) in [6, 6.07) is 12.1. The summed E-state index contributed by atoms with van der Waals surface area (Å²) in [6.45, 7) is 2.27. The van der Waals surface area contributed by atoms with Gasteiger partial charge in [-0.1, -0.05) is 30.3 Å². The van der Waals surface area contributed by atoms with Gasteiger partial charge in [-0.3, -0.25) is 0 Å². The van der Waals surface area contributed by atoms with Gasteiger partial charge in [-0.25, -0.2) is 0 Å². The lowest BCUT2D eigenvalue weighted by Gasteiger charge is -2.28. The molecule has 14 heavy (non-hydrogen) atoms. The Morgan fingerprint density at radius 2 is 2.07 bits per heavy atom. The van der Waals surface area contributed by atoms with Gasteiger partial charge in [0, 0.05) is 23.6 Å². The Kier molecular flexibility index (Phi) is 3.49. The number of hydrogen-bond donors (Lipinski definition) is 1. The lowest BCUT2D eigenvalue weighted by molar-refractivity contribution is 0.484. The second-order valence-corrected chi connectivity index (χ2v) is 5.07. The summed E-state index contributed by atoms with van der Waals surface area (Å²) >= 11 is 2.07. The van der Waals surface area contributed by atoms with E-state index in [1.54, 1.807) is 0 Å². The average molecular weight is 207 g/mol. The first kappa shape index (κ1) is 10.1. The first-order valence-electron chi connectivity index (χ1n) is 5.22. The van der Waals surface area contributed by atoms with Crippen molar-refractivity contribution in [1.82, 2.24) is 5.32 Å². The lowest BCUT2D eigenvalue weighted by atomic mass is 10.1. The summed E-state index contributed by atoms with van der Waals surface area (Å²) in [4.78, 5) is 0. The van der Waals surface area contributed by atoms with Crippen LogP contribution in [0.25, 0.3) is 0 Å². The Balaban J connectivity index is 1.91. The van der Waals surface area contributed by atoms with Gasteiger partial charge >= 0.3 is 0 Å². The van der Waals surface area contributed by atoms with Crippen molar-refractivity contribution in [1.29, 1.82) is 0 Å². The van der Waals surface area contributed by atoms with Crippen molar-refractivity contribution < 1.29 is 0 Å². The molecule has 1 fully saturated rings. The molecule has 0 spiro atoms. The molecule has 0 radical (unpaired) electrons. The summed E-state index contributed by atoms with van der Waals surface area (Å²) in [5.41, 5.74) is 1.44. The predicted molar refractivity (Wildman–Crippen MR) is 63.9 cm³/mol. The Morgan fingerprint density at radius 1 is 1.29 bits per heavy atom. The van der Waals surface area contributed by atoms with E-state index < -0.39 is 0 Å². The number of rotatable bonds is 2. The van der Waals surface area contributed by atoms with Crippen LogP contribution in [0.3, 0.4) is 0 Å². The molecule has 1 saturated heterocycles. The second-order valence-electron chi connectivity index (χ2n) is 3.99. The first-order valence-corrected chi connectivity index (χ1v) is 6.38. The summed E-state index contributed by atoms with van der Waals surface area (Å²) < 4.78 is 0. The van der Waals surface area contributed by atoms with Crippen LogP contribution in [-0.4, -0.2) is 23.6 Å². The van der Waals surface area contributed by atoms with Crippen LogP contribution in [-0.2, 0) is 6.42 Å². The van der Waals surface area contributed by atoms with Crippen LogP contribution in [0, 0.1) is 0 Å². The summed E-state index contributed by atoms with van der Waals surface area (Å²) in [6.07, 6.45) is 1.16. The summed E-state index contributed by atoms with van der Waals surface area (Å²) in [5, 5.41) is 3.64. The molecule has 1 N–H and O–H groups in total. The Labute approximate surface area is 90.3 Å². The molecule has 2 unspecified atom stereocenters. The molecule has 1 aromatic rings. The van der Waals surface area contributed by atoms with Crippen molar-refractivity contribution in [2.24, 2.45) is 0 Å². The molecule has 0 aliphatic carbocycles. The van der Waals surface area contributed by atoms with Gasteiger partial charge in [-0.15, -0.1) is 0 Å². The monoisotopic (exact) mass is 207 g/mol. The molecule has 0 amide bonds. The molecule has 1 aliphatic rings. The number of nitrogens with one attached hydrogen (secondary N) is 1. The maximum absolute atomic E-state index is 3.64. The molecule has 1 nitrogen and oxygen atoms in total. The molecular formula is C12H17NS. The highest BCUT2D eigenvalue weighted by Gasteiger charge is 2.17. The molecule has 76 valence electrons. The fraction of sp³-hybridized carbons (Fsp3) is 0.500. The molecule has 0 aromatic heterocycles.